The first kappa shape index (κ1) is 18.4. The molecule has 2 aromatic carbocycles. The summed E-state index contributed by atoms with van der Waals surface area (Å²) in [6.45, 7) is 2.94. The fourth-order valence-electron chi connectivity index (χ4n) is 4.09. The van der Waals surface area contributed by atoms with Gasteiger partial charge in [0, 0.05) is 18.3 Å². The molecule has 0 fully saturated rings. The van der Waals surface area contributed by atoms with E-state index in [9.17, 15) is 4.79 Å². The molecule has 5 nitrogen and oxygen atoms in total. The van der Waals surface area contributed by atoms with Crippen LogP contribution >= 0.6 is 0 Å². The average Bonchev–Trinajstić information content (AvgIpc) is 3.32. The van der Waals surface area contributed by atoms with E-state index in [4.69, 9.17) is 10.8 Å². The number of amides is 1. The van der Waals surface area contributed by atoms with Crippen molar-refractivity contribution in [2.24, 2.45) is 5.73 Å². The number of benzene rings is 2. The number of hydrogen-bond acceptors (Lipinski definition) is 3. The Morgan fingerprint density at radius 2 is 1.79 bits per heavy atom. The van der Waals surface area contributed by atoms with Crippen LogP contribution in [-0.4, -0.2) is 27.1 Å². The average molecular weight is 374 g/mol. The molecule has 0 bridgehead atoms. The second kappa shape index (κ2) is 7.98. The van der Waals surface area contributed by atoms with Crippen LogP contribution in [0.15, 0.2) is 60.7 Å². The van der Waals surface area contributed by atoms with Crippen molar-refractivity contribution in [3.05, 3.63) is 83.2 Å². The van der Waals surface area contributed by atoms with Crippen LogP contribution in [0, 0.1) is 0 Å². The third-order valence-electron chi connectivity index (χ3n) is 5.56. The summed E-state index contributed by atoms with van der Waals surface area (Å²) >= 11 is 0. The first-order chi connectivity index (χ1) is 13.6. The second-order valence-corrected chi connectivity index (χ2v) is 7.43. The van der Waals surface area contributed by atoms with Crippen LogP contribution in [0.2, 0.25) is 0 Å². The molecular formula is C23H26N4O. The zero-order valence-corrected chi connectivity index (χ0v) is 16.2. The Bertz CT molecular complexity index is 949. The minimum absolute atomic E-state index is 0.0765. The van der Waals surface area contributed by atoms with Crippen LogP contribution in [0.4, 0.5) is 0 Å². The van der Waals surface area contributed by atoms with Gasteiger partial charge < -0.3 is 5.73 Å². The van der Waals surface area contributed by atoms with E-state index in [2.05, 4.69) is 40.8 Å². The predicted octanol–water partition coefficient (Wildman–Crippen LogP) is 3.41. The van der Waals surface area contributed by atoms with Crippen molar-refractivity contribution in [2.45, 2.75) is 38.8 Å². The van der Waals surface area contributed by atoms with Gasteiger partial charge in [-0.15, -0.1) is 0 Å². The molecular weight excluding hydrogens is 348 g/mol. The molecule has 4 rings (SSSR count). The van der Waals surface area contributed by atoms with Crippen molar-refractivity contribution in [3.63, 3.8) is 0 Å². The Labute approximate surface area is 165 Å². The van der Waals surface area contributed by atoms with E-state index in [0.29, 0.717) is 6.54 Å². The van der Waals surface area contributed by atoms with Crippen molar-refractivity contribution in [1.29, 1.82) is 0 Å². The molecule has 3 aromatic rings. The summed E-state index contributed by atoms with van der Waals surface area (Å²) in [5.41, 5.74) is 11.5. The highest BCUT2D eigenvalue weighted by atomic mass is 16.1. The Kier molecular flexibility index (Phi) is 5.26. The number of nitrogens with zero attached hydrogens (tertiary/aromatic N) is 3. The molecule has 0 radical (unpaired) electrons. The monoisotopic (exact) mass is 374 g/mol. The number of primary amides is 1. The van der Waals surface area contributed by atoms with Crippen molar-refractivity contribution < 1.29 is 4.79 Å². The van der Waals surface area contributed by atoms with Gasteiger partial charge in [-0.3, -0.25) is 9.69 Å². The van der Waals surface area contributed by atoms with E-state index in [1.807, 2.05) is 36.4 Å². The molecule has 1 aliphatic rings. The fraction of sp³-hybridized carbons (Fsp3) is 0.304. The van der Waals surface area contributed by atoms with E-state index < -0.39 is 0 Å². The van der Waals surface area contributed by atoms with E-state index in [1.54, 1.807) is 0 Å². The third-order valence-corrected chi connectivity index (χ3v) is 5.56. The van der Waals surface area contributed by atoms with Crippen molar-refractivity contribution in [2.75, 3.05) is 6.54 Å². The van der Waals surface area contributed by atoms with Gasteiger partial charge in [0.2, 0.25) is 5.91 Å². The van der Waals surface area contributed by atoms with Gasteiger partial charge in [0.05, 0.1) is 17.9 Å². The summed E-state index contributed by atoms with van der Waals surface area (Å²) < 4.78 is 2.08. The second-order valence-electron chi connectivity index (χ2n) is 7.43. The van der Waals surface area contributed by atoms with E-state index in [-0.39, 0.29) is 18.5 Å². The molecule has 1 amide bonds. The molecule has 1 aromatic heterocycles. The molecule has 5 heteroatoms. The molecule has 0 spiro atoms. The lowest BCUT2D eigenvalue weighted by Gasteiger charge is -2.28. The fourth-order valence-corrected chi connectivity index (χ4v) is 4.09. The minimum atomic E-state index is -0.318. The number of fused-ring (bicyclic) bond motifs is 1. The van der Waals surface area contributed by atoms with Gasteiger partial charge in [0.25, 0.3) is 0 Å². The van der Waals surface area contributed by atoms with Crippen LogP contribution in [-0.2, 0) is 24.2 Å². The predicted molar refractivity (Wildman–Crippen MR) is 110 cm³/mol. The third kappa shape index (κ3) is 3.71. The van der Waals surface area contributed by atoms with E-state index in [1.165, 1.54) is 16.8 Å². The van der Waals surface area contributed by atoms with Gasteiger partial charge in [0.15, 0.2) is 0 Å². The normalized spacial score (nSPS) is 14.2. The van der Waals surface area contributed by atoms with Gasteiger partial charge >= 0.3 is 0 Å². The number of aromatic nitrogens is 2. The maximum absolute atomic E-state index is 11.8. The molecule has 0 saturated carbocycles. The lowest BCUT2D eigenvalue weighted by Crippen LogP contribution is -2.35. The molecule has 0 aliphatic heterocycles. The first-order valence-corrected chi connectivity index (χ1v) is 9.86. The van der Waals surface area contributed by atoms with Crippen LogP contribution in [0.3, 0.4) is 0 Å². The number of rotatable bonds is 7. The lowest BCUT2D eigenvalue weighted by atomic mass is 10.1. The zero-order chi connectivity index (χ0) is 19.5. The van der Waals surface area contributed by atoms with E-state index >= 15 is 0 Å². The van der Waals surface area contributed by atoms with Gasteiger partial charge in [-0.2, -0.15) is 5.10 Å². The van der Waals surface area contributed by atoms with Gasteiger partial charge in [0.1, 0.15) is 0 Å². The van der Waals surface area contributed by atoms with Crippen LogP contribution in [0.5, 0.6) is 0 Å². The Morgan fingerprint density at radius 1 is 1.11 bits per heavy atom. The molecule has 144 valence electrons. The Balaban J connectivity index is 1.67. The molecule has 1 aliphatic carbocycles. The van der Waals surface area contributed by atoms with Gasteiger partial charge in [-0.25, -0.2) is 4.68 Å². The topological polar surface area (TPSA) is 64.2 Å². The SMILES string of the molecule is C[C@H](c1ccccc1)N(CC(N)=O)Cc1nn(-c2ccccc2)c2c1CCC2. The summed E-state index contributed by atoms with van der Waals surface area (Å²) in [6, 6.07) is 20.6. The standard InChI is InChI=1S/C23H26N4O/c1-17(18-9-4-2-5-10-18)26(16-23(24)28)15-21-20-13-8-14-22(20)27(25-21)19-11-6-3-7-12-19/h2-7,9-12,17H,8,13-16H2,1H3,(H2,24,28)/t17-/m1/s1. The lowest BCUT2D eigenvalue weighted by molar-refractivity contribution is -0.119. The summed E-state index contributed by atoms with van der Waals surface area (Å²) in [7, 11) is 0. The highest BCUT2D eigenvalue weighted by Crippen LogP contribution is 2.30. The van der Waals surface area contributed by atoms with Crippen molar-refractivity contribution in [1.82, 2.24) is 14.7 Å². The molecule has 2 N–H and O–H groups in total. The number of hydrogen-bond donors (Lipinski definition) is 1. The zero-order valence-electron chi connectivity index (χ0n) is 16.2. The van der Waals surface area contributed by atoms with Gasteiger partial charge in [-0.1, -0.05) is 48.5 Å². The molecule has 0 unspecified atom stereocenters. The largest absolute Gasteiger partial charge is 0.369 e. The Hall–Kier alpha value is -2.92. The maximum atomic E-state index is 11.8. The van der Waals surface area contributed by atoms with Crippen LogP contribution in [0.25, 0.3) is 5.69 Å². The van der Waals surface area contributed by atoms with Crippen LogP contribution < -0.4 is 5.73 Å². The summed E-state index contributed by atoms with van der Waals surface area (Å²) in [5, 5.41) is 4.95. The number of carbonyl (C=O) groups is 1. The molecule has 28 heavy (non-hydrogen) atoms. The summed E-state index contributed by atoms with van der Waals surface area (Å²) in [6.07, 6.45) is 3.24. The summed E-state index contributed by atoms with van der Waals surface area (Å²) in [4.78, 5) is 13.9. The number of para-hydroxylation sites is 1. The maximum Gasteiger partial charge on any atom is 0.231 e. The highest BCUT2D eigenvalue weighted by molar-refractivity contribution is 5.76. The smallest absolute Gasteiger partial charge is 0.231 e. The molecule has 1 heterocycles. The van der Waals surface area contributed by atoms with Gasteiger partial charge in [-0.05, 0) is 49.4 Å². The molecule has 0 saturated heterocycles. The highest BCUT2D eigenvalue weighted by Gasteiger charge is 2.26. The first-order valence-electron chi connectivity index (χ1n) is 9.86. The summed E-state index contributed by atoms with van der Waals surface area (Å²) in [5.74, 6) is -0.318. The number of carbonyl (C=O) groups excluding carboxylic acids is 1. The quantitative estimate of drug-likeness (QED) is 0.689. The molecule has 1 atom stereocenters. The number of nitrogens with two attached hydrogens (primary N) is 1. The van der Waals surface area contributed by atoms with Crippen molar-refractivity contribution >= 4 is 5.91 Å². The minimum Gasteiger partial charge on any atom is -0.369 e. The van der Waals surface area contributed by atoms with Crippen LogP contribution in [0.1, 0.15) is 41.9 Å². The Morgan fingerprint density at radius 3 is 2.46 bits per heavy atom. The van der Waals surface area contributed by atoms with E-state index in [0.717, 1.165) is 30.6 Å². The van der Waals surface area contributed by atoms with Crippen molar-refractivity contribution in [3.8, 4) is 5.69 Å².